The Morgan fingerprint density at radius 1 is 0.920 bits per heavy atom. The third-order valence-corrected chi connectivity index (χ3v) is 6.55. The fourth-order valence-electron chi connectivity index (χ4n) is 5.31. The van der Waals surface area contributed by atoms with Gasteiger partial charge >= 0.3 is 12.1 Å². The number of nitrogens with zero attached hydrogens (tertiary/aromatic N) is 3. The summed E-state index contributed by atoms with van der Waals surface area (Å²) in [6, 6.07) is 0.894. The van der Waals surface area contributed by atoms with Crippen molar-refractivity contribution in [2.24, 2.45) is 0 Å². The van der Waals surface area contributed by atoms with E-state index >= 15 is 0 Å². The van der Waals surface area contributed by atoms with Crippen molar-refractivity contribution in [3.63, 3.8) is 0 Å². The maximum Gasteiger partial charge on any atom is 0.407 e. The zero-order chi connectivity index (χ0) is 18.0. The molecule has 2 bridgehead atoms. The number of carbonyl (C=O) groups excluding carboxylic acids is 1. The largest absolute Gasteiger partial charge is 0.465 e. The molecule has 2 aliphatic heterocycles. The van der Waals surface area contributed by atoms with Crippen LogP contribution in [0.4, 0.5) is 9.59 Å². The summed E-state index contributed by atoms with van der Waals surface area (Å²) in [4.78, 5) is 30.6. The lowest BCUT2D eigenvalue weighted by Gasteiger charge is -2.47. The lowest BCUT2D eigenvalue weighted by atomic mass is 9.89. The quantitative estimate of drug-likeness (QED) is 0.839. The van der Waals surface area contributed by atoms with E-state index < -0.39 is 6.09 Å². The van der Waals surface area contributed by atoms with Gasteiger partial charge in [-0.25, -0.2) is 9.59 Å². The van der Waals surface area contributed by atoms with Gasteiger partial charge in [0.2, 0.25) is 0 Å². The zero-order valence-electron chi connectivity index (χ0n) is 15.7. The van der Waals surface area contributed by atoms with Crippen LogP contribution in [0, 0.1) is 0 Å². The van der Waals surface area contributed by atoms with Crippen molar-refractivity contribution in [1.82, 2.24) is 14.7 Å². The van der Waals surface area contributed by atoms with Crippen molar-refractivity contribution in [3.05, 3.63) is 0 Å². The number of urea groups is 1. The van der Waals surface area contributed by atoms with E-state index in [-0.39, 0.29) is 24.2 Å². The Bertz CT molecular complexity index is 474. The van der Waals surface area contributed by atoms with Crippen molar-refractivity contribution < 1.29 is 14.7 Å². The molecule has 3 fully saturated rings. The fraction of sp³-hybridized carbons (Fsp3) is 0.895. The van der Waals surface area contributed by atoms with Crippen molar-refractivity contribution in [2.45, 2.75) is 95.8 Å². The van der Waals surface area contributed by atoms with E-state index in [1.54, 1.807) is 4.90 Å². The first kappa shape index (κ1) is 18.3. The predicted octanol–water partition coefficient (Wildman–Crippen LogP) is 3.76. The van der Waals surface area contributed by atoms with Crippen LogP contribution in [-0.4, -0.2) is 69.2 Å². The van der Waals surface area contributed by atoms with Crippen LogP contribution in [0.1, 0.15) is 71.6 Å². The molecular weight excluding hydrogens is 318 g/mol. The van der Waals surface area contributed by atoms with Crippen LogP contribution in [-0.2, 0) is 0 Å². The summed E-state index contributed by atoms with van der Waals surface area (Å²) in [6.07, 6.45) is 8.61. The van der Waals surface area contributed by atoms with E-state index in [4.69, 9.17) is 0 Å². The van der Waals surface area contributed by atoms with Crippen LogP contribution in [0.15, 0.2) is 0 Å². The van der Waals surface area contributed by atoms with Crippen molar-refractivity contribution in [3.8, 4) is 0 Å². The number of hydrogen-bond donors (Lipinski definition) is 1. The van der Waals surface area contributed by atoms with Crippen LogP contribution in [0.5, 0.6) is 0 Å². The molecule has 1 saturated carbocycles. The van der Waals surface area contributed by atoms with Gasteiger partial charge in [-0.05, 0) is 52.4 Å². The first-order valence-corrected chi connectivity index (χ1v) is 10.1. The molecule has 3 aliphatic rings. The summed E-state index contributed by atoms with van der Waals surface area (Å²) in [5, 5.41) is 9.50. The molecule has 2 heterocycles. The second kappa shape index (κ2) is 7.83. The maximum absolute atomic E-state index is 13.3. The topological polar surface area (TPSA) is 64.1 Å². The Balaban J connectivity index is 1.80. The van der Waals surface area contributed by atoms with Crippen LogP contribution >= 0.6 is 0 Å². The molecule has 0 aromatic heterocycles. The molecule has 25 heavy (non-hydrogen) atoms. The molecule has 0 aromatic carbocycles. The molecule has 2 atom stereocenters. The van der Waals surface area contributed by atoms with Crippen molar-refractivity contribution >= 4 is 12.1 Å². The molecule has 3 rings (SSSR count). The van der Waals surface area contributed by atoms with Crippen LogP contribution < -0.4 is 0 Å². The molecule has 3 amide bonds. The number of piperidine rings is 1. The van der Waals surface area contributed by atoms with Gasteiger partial charge in [-0.1, -0.05) is 19.3 Å². The highest BCUT2D eigenvalue weighted by atomic mass is 16.4. The Labute approximate surface area is 151 Å². The third kappa shape index (κ3) is 3.58. The Hall–Kier alpha value is -1.46. The lowest BCUT2D eigenvalue weighted by Crippen LogP contribution is -2.58. The smallest absolute Gasteiger partial charge is 0.407 e. The minimum absolute atomic E-state index is 0.0943. The Kier molecular flexibility index (Phi) is 5.74. The van der Waals surface area contributed by atoms with Gasteiger partial charge < -0.3 is 19.8 Å². The highest BCUT2D eigenvalue weighted by Crippen LogP contribution is 2.39. The summed E-state index contributed by atoms with van der Waals surface area (Å²) >= 11 is 0. The van der Waals surface area contributed by atoms with E-state index in [9.17, 15) is 14.7 Å². The summed E-state index contributed by atoms with van der Waals surface area (Å²) in [6.45, 7) is 5.55. The molecule has 1 N–H and O–H groups in total. The lowest BCUT2D eigenvalue weighted by molar-refractivity contribution is 0.0378. The highest BCUT2D eigenvalue weighted by Gasteiger charge is 2.47. The first-order chi connectivity index (χ1) is 12.1. The molecule has 1 aliphatic carbocycles. The van der Waals surface area contributed by atoms with Gasteiger partial charge in [-0.15, -0.1) is 0 Å². The van der Waals surface area contributed by atoms with E-state index in [0.717, 1.165) is 51.6 Å². The van der Waals surface area contributed by atoms with E-state index in [2.05, 4.69) is 4.90 Å². The van der Waals surface area contributed by atoms with Crippen LogP contribution in [0.3, 0.4) is 0 Å². The van der Waals surface area contributed by atoms with Gasteiger partial charge in [-0.3, -0.25) is 0 Å². The molecule has 0 spiro atoms. The number of carbonyl (C=O) groups is 2. The molecule has 6 heteroatoms. The molecular formula is C19H33N3O3. The Morgan fingerprint density at radius 3 is 1.96 bits per heavy atom. The summed E-state index contributed by atoms with van der Waals surface area (Å²) < 4.78 is 0. The van der Waals surface area contributed by atoms with E-state index in [1.807, 2.05) is 18.7 Å². The number of carboxylic acid groups (broad SMARTS) is 1. The van der Waals surface area contributed by atoms with Crippen molar-refractivity contribution in [1.29, 1.82) is 0 Å². The van der Waals surface area contributed by atoms with Gasteiger partial charge in [0.05, 0.1) is 0 Å². The number of amides is 3. The number of fused-ring (bicyclic) bond motifs is 2. The minimum atomic E-state index is -0.787. The average molecular weight is 351 g/mol. The second-order valence-corrected chi connectivity index (χ2v) is 7.85. The van der Waals surface area contributed by atoms with E-state index in [1.165, 1.54) is 19.3 Å². The van der Waals surface area contributed by atoms with Crippen LogP contribution in [0.2, 0.25) is 0 Å². The minimum Gasteiger partial charge on any atom is -0.465 e. The summed E-state index contributed by atoms with van der Waals surface area (Å²) in [7, 11) is 0. The van der Waals surface area contributed by atoms with Gasteiger partial charge in [0.1, 0.15) is 0 Å². The molecule has 0 radical (unpaired) electrons. The summed E-state index contributed by atoms with van der Waals surface area (Å²) in [5.41, 5.74) is 0. The molecule has 0 aromatic rings. The summed E-state index contributed by atoms with van der Waals surface area (Å²) in [5.74, 6) is 0. The van der Waals surface area contributed by atoms with Gasteiger partial charge in [-0.2, -0.15) is 0 Å². The second-order valence-electron chi connectivity index (χ2n) is 7.85. The normalized spacial score (nSPS) is 29.5. The molecule has 2 unspecified atom stereocenters. The third-order valence-electron chi connectivity index (χ3n) is 6.55. The predicted molar refractivity (Wildman–Crippen MR) is 96.7 cm³/mol. The van der Waals surface area contributed by atoms with Crippen molar-refractivity contribution in [2.75, 3.05) is 13.1 Å². The first-order valence-electron chi connectivity index (χ1n) is 10.1. The van der Waals surface area contributed by atoms with Gasteiger partial charge in [0.25, 0.3) is 0 Å². The van der Waals surface area contributed by atoms with Gasteiger partial charge in [0.15, 0.2) is 0 Å². The monoisotopic (exact) mass is 351 g/mol. The zero-order valence-corrected chi connectivity index (χ0v) is 15.7. The van der Waals surface area contributed by atoms with Gasteiger partial charge in [0, 0.05) is 37.3 Å². The SMILES string of the molecule is CCN(CC)C(=O)N(C1CCCCC1)C1CC2CCC(C1)N2C(=O)O. The highest BCUT2D eigenvalue weighted by molar-refractivity contribution is 5.75. The maximum atomic E-state index is 13.3. The molecule has 6 nitrogen and oxygen atoms in total. The number of rotatable bonds is 4. The fourth-order valence-corrected chi connectivity index (χ4v) is 5.31. The standard InChI is InChI=1S/C19H33N3O3/c1-3-20(4-2)18(23)21(14-8-6-5-7-9-14)17-12-15-10-11-16(13-17)22(15)19(24)25/h14-17H,3-13H2,1-2H3,(H,24,25). The molecule has 2 saturated heterocycles. The average Bonchev–Trinajstić information content (AvgIpc) is 2.88. The van der Waals surface area contributed by atoms with E-state index in [0.29, 0.717) is 6.04 Å². The molecule has 142 valence electrons. The number of hydrogen-bond acceptors (Lipinski definition) is 2. The van der Waals surface area contributed by atoms with Crippen LogP contribution in [0.25, 0.3) is 0 Å². The Morgan fingerprint density at radius 2 is 1.48 bits per heavy atom.